The molecule has 0 radical (unpaired) electrons. The summed E-state index contributed by atoms with van der Waals surface area (Å²) in [5.41, 5.74) is 0. The van der Waals surface area contributed by atoms with E-state index in [9.17, 15) is 0 Å². The summed E-state index contributed by atoms with van der Waals surface area (Å²) in [6.45, 7) is 27.0. The van der Waals surface area contributed by atoms with Gasteiger partial charge in [0, 0.05) is 0 Å². The minimum atomic E-state index is 0.808. The molecule has 0 aromatic heterocycles. The molecule has 0 aliphatic rings. The van der Waals surface area contributed by atoms with Crippen LogP contribution < -0.4 is 0 Å². The van der Waals surface area contributed by atoms with Gasteiger partial charge in [-0.15, -0.1) is 12.8 Å². The molecular formula is C24H48. The van der Waals surface area contributed by atoms with Gasteiger partial charge in [-0.2, -0.15) is 0 Å². The van der Waals surface area contributed by atoms with Gasteiger partial charge in [0.1, 0.15) is 1.37 Å². The van der Waals surface area contributed by atoms with E-state index in [2.05, 4.69) is 82.6 Å². The van der Waals surface area contributed by atoms with E-state index >= 15 is 0 Å². The van der Waals surface area contributed by atoms with E-state index < -0.39 is 0 Å². The highest BCUT2D eigenvalue weighted by Gasteiger charge is 2.33. The van der Waals surface area contributed by atoms with Gasteiger partial charge in [-0.25, -0.2) is 0 Å². The quantitative estimate of drug-likeness (QED) is 0.357. The average Bonchev–Trinajstić information content (AvgIpc) is 2.62. The Morgan fingerprint density at radius 1 is 0.542 bits per heavy atom. The molecule has 0 aromatic rings. The van der Waals surface area contributed by atoms with Crippen molar-refractivity contribution in [2.24, 2.45) is 53.3 Å². The number of hydrogen-bond acceptors (Lipinski definition) is 0. The molecule has 0 aromatic carbocycles. The highest BCUT2D eigenvalue weighted by molar-refractivity contribution is 4.82. The van der Waals surface area contributed by atoms with E-state index in [-0.39, 0.29) is 0 Å². The molecule has 0 rings (SSSR count). The number of hydrogen-bond donors (Lipinski definition) is 0. The lowest BCUT2D eigenvalue weighted by Gasteiger charge is -2.40. The van der Waals surface area contributed by atoms with Gasteiger partial charge in [0.2, 0.25) is 0 Å². The van der Waals surface area contributed by atoms with Crippen LogP contribution in [-0.2, 0) is 0 Å². The lowest BCUT2D eigenvalue weighted by atomic mass is 9.66. The second-order valence-electron chi connectivity index (χ2n) is 8.78. The fraction of sp³-hybridized carbons (Fsp3) is 0.917. The zero-order valence-corrected chi connectivity index (χ0v) is 18.7. The van der Waals surface area contributed by atoms with Crippen LogP contribution in [0.15, 0.2) is 0 Å². The van der Waals surface area contributed by atoms with Crippen molar-refractivity contribution in [3.05, 3.63) is 0 Å². The van der Waals surface area contributed by atoms with Gasteiger partial charge in [-0.1, -0.05) is 89.0 Å². The molecule has 0 amide bonds. The normalized spacial score (nSPS) is 23.0. The van der Waals surface area contributed by atoms with Crippen LogP contribution in [0.5, 0.6) is 0 Å². The Hall–Kier alpha value is -0.440. The van der Waals surface area contributed by atoms with E-state index in [1.807, 2.05) is 0 Å². The zero-order valence-electron chi connectivity index (χ0n) is 19.7. The maximum absolute atomic E-state index is 5.74. The second-order valence-corrected chi connectivity index (χ2v) is 8.78. The molecule has 0 saturated heterocycles. The van der Waals surface area contributed by atoms with Crippen LogP contribution in [0.1, 0.15) is 90.4 Å². The molecule has 8 unspecified atom stereocenters. The summed E-state index contributed by atoms with van der Waals surface area (Å²) in [6.07, 6.45) is 8.38. The molecule has 0 saturated carbocycles. The van der Waals surface area contributed by atoms with E-state index in [4.69, 9.17) is 1.37 Å². The summed E-state index contributed by atoms with van der Waals surface area (Å²) in [5, 5.41) is 0. The van der Waals surface area contributed by atoms with Crippen molar-refractivity contribution in [2.45, 2.75) is 89.0 Å². The van der Waals surface area contributed by atoms with E-state index in [0.717, 1.165) is 53.3 Å². The fourth-order valence-electron chi connectivity index (χ4n) is 4.17. The van der Waals surface area contributed by atoms with E-state index in [0.29, 0.717) is 0 Å². The first-order valence-electron chi connectivity index (χ1n) is 10.9. The van der Waals surface area contributed by atoms with Crippen molar-refractivity contribution < 1.29 is 1.37 Å². The van der Waals surface area contributed by atoms with Gasteiger partial charge in [0.25, 0.3) is 0 Å². The van der Waals surface area contributed by atoms with Crippen molar-refractivity contribution in [1.29, 1.82) is 0 Å². The Morgan fingerprint density at radius 3 is 0.875 bits per heavy atom. The molecule has 0 nitrogen and oxygen atoms in total. The molecule has 0 bridgehead atoms. The molecule has 0 aliphatic heterocycles. The Balaban J connectivity index is 0. The Labute approximate surface area is 157 Å². The Kier molecular flexibility index (Phi) is 12.6. The van der Waals surface area contributed by atoms with Crippen molar-refractivity contribution in [3.63, 3.8) is 0 Å². The van der Waals surface area contributed by atoms with Crippen LogP contribution in [0.2, 0.25) is 0 Å². The van der Waals surface area contributed by atoms with Crippen LogP contribution >= 0.6 is 0 Å². The molecule has 0 heterocycles. The first kappa shape index (κ1) is 23.6. The zero-order chi connectivity index (χ0) is 20.3. The predicted octanol–water partition coefficient (Wildman–Crippen LogP) is 7.78. The summed E-state index contributed by atoms with van der Waals surface area (Å²) in [4.78, 5) is 0. The minimum absolute atomic E-state index is 0.808. The molecule has 0 fully saturated rings. The van der Waals surface area contributed by atoms with Gasteiger partial charge in [0.15, 0.2) is 0 Å². The molecule has 0 aliphatic carbocycles. The van der Waals surface area contributed by atoms with Crippen LogP contribution in [0, 0.1) is 66.1 Å². The number of rotatable bonds is 10. The Morgan fingerprint density at radius 2 is 0.708 bits per heavy atom. The summed E-state index contributed by atoms with van der Waals surface area (Å²) >= 11 is 0. The minimum Gasteiger partial charge on any atom is -0.124 e. The van der Waals surface area contributed by atoms with Crippen molar-refractivity contribution >= 4 is 0 Å². The Bertz CT molecular complexity index is 328. The average molecular weight is 339 g/mol. The molecule has 0 spiro atoms. The van der Waals surface area contributed by atoms with Crippen LogP contribution in [0.25, 0.3) is 0 Å². The largest absolute Gasteiger partial charge is 0.124 e. The van der Waals surface area contributed by atoms with Gasteiger partial charge in [0.05, 0.1) is 0 Å². The predicted molar refractivity (Wildman–Crippen MR) is 113 cm³/mol. The summed E-state index contributed by atoms with van der Waals surface area (Å²) in [6, 6.07) is 0. The summed E-state index contributed by atoms with van der Waals surface area (Å²) in [5.74, 6) is 7.41. The van der Waals surface area contributed by atoms with Crippen LogP contribution in [0.4, 0.5) is 0 Å². The van der Waals surface area contributed by atoms with Crippen LogP contribution in [0.3, 0.4) is 0 Å². The first-order valence-corrected chi connectivity index (χ1v) is 10.4. The van der Waals surface area contributed by atoms with Crippen molar-refractivity contribution in [1.82, 2.24) is 0 Å². The molecule has 0 heteroatoms. The van der Waals surface area contributed by atoms with Gasteiger partial charge in [-0.3, -0.25) is 0 Å². The highest BCUT2D eigenvalue weighted by Crippen LogP contribution is 2.40. The van der Waals surface area contributed by atoms with Gasteiger partial charge < -0.3 is 0 Å². The third-order valence-electron chi connectivity index (χ3n) is 8.06. The summed E-state index contributed by atoms with van der Waals surface area (Å²) < 4.78 is 5.74. The molecule has 8 atom stereocenters. The standard InChI is InChI=1S/C22H46.C2H2/c1-12-14(3)16(5)18(7)20(9)22(11)21(10)19(8)17(6)15(4)13-2;1-2/h14-22H,12-13H2,1-11H3;1-2H/i;1T. The lowest BCUT2D eigenvalue weighted by Crippen LogP contribution is -2.33. The fourth-order valence-corrected chi connectivity index (χ4v) is 4.17. The third kappa shape index (κ3) is 7.21. The SMILES string of the molecule is CCC(C)C(C)C(C)C(C)C(C)C(C)C(C)C(C)C(C)CC.[3H]C#C. The van der Waals surface area contributed by atoms with E-state index in [1.165, 1.54) is 19.2 Å². The van der Waals surface area contributed by atoms with Crippen molar-refractivity contribution in [3.8, 4) is 12.8 Å². The molecule has 144 valence electrons. The maximum atomic E-state index is 5.74. The number of terminal acetylenes is 1. The first-order chi connectivity index (χ1) is 11.5. The highest BCUT2D eigenvalue weighted by atomic mass is 14.4. The van der Waals surface area contributed by atoms with Gasteiger partial charge >= 0.3 is 0 Å². The summed E-state index contributed by atoms with van der Waals surface area (Å²) in [7, 11) is 0. The maximum Gasteiger partial charge on any atom is 0.124 e. The smallest absolute Gasteiger partial charge is 0.124 e. The monoisotopic (exact) mass is 338 g/mol. The van der Waals surface area contributed by atoms with E-state index in [1.54, 1.807) is 0 Å². The van der Waals surface area contributed by atoms with Crippen molar-refractivity contribution in [2.75, 3.05) is 0 Å². The van der Waals surface area contributed by atoms with Crippen LogP contribution in [-0.4, -0.2) is 0 Å². The molecule has 0 N–H and O–H groups in total. The second kappa shape index (κ2) is 12.9. The lowest BCUT2D eigenvalue weighted by molar-refractivity contribution is 0.0898. The van der Waals surface area contributed by atoms with Gasteiger partial charge in [-0.05, 0) is 53.3 Å². The third-order valence-corrected chi connectivity index (χ3v) is 8.06. The topological polar surface area (TPSA) is 0 Å². The molecular weight excluding hydrogens is 288 g/mol. The molecule has 24 heavy (non-hydrogen) atoms.